The maximum Gasteiger partial charge on any atom is 0.325 e. The van der Waals surface area contributed by atoms with Gasteiger partial charge < -0.3 is 15.3 Å². The van der Waals surface area contributed by atoms with Gasteiger partial charge in [-0.2, -0.15) is 0 Å². The minimum absolute atomic E-state index is 0.0676. The third-order valence-corrected chi connectivity index (χ3v) is 4.27. The zero-order valence-corrected chi connectivity index (χ0v) is 10.4. The molecule has 0 saturated carbocycles. The molecule has 0 aromatic rings. The maximum absolute atomic E-state index is 11.6. The van der Waals surface area contributed by atoms with Gasteiger partial charge in [-0.1, -0.05) is 0 Å². The van der Waals surface area contributed by atoms with Crippen LogP contribution in [-0.2, 0) is 14.6 Å². The number of hydrogen-bond acceptors (Lipinski definition) is 4. The van der Waals surface area contributed by atoms with Gasteiger partial charge in [-0.15, -0.1) is 0 Å². The fraction of sp³-hybridized carbons (Fsp3) is 0.778. The highest BCUT2D eigenvalue weighted by Gasteiger charge is 2.24. The summed E-state index contributed by atoms with van der Waals surface area (Å²) in [6.07, 6.45) is 0.386. The molecule has 1 heterocycles. The minimum atomic E-state index is -3.07. The highest BCUT2D eigenvalue weighted by Crippen LogP contribution is 2.05. The number of urea groups is 1. The Labute approximate surface area is 99.7 Å². The Hall–Kier alpha value is -1.31. The van der Waals surface area contributed by atoms with Crippen molar-refractivity contribution < 1.29 is 23.1 Å². The molecule has 17 heavy (non-hydrogen) atoms. The lowest BCUT2D eigenvalue weighted by Gasteiger charge is -2.21. The fourth-order valence-corrected chi connectivity index (χ4v) is 2.75. The van der Waals surface area contributed by atoms with Crippen LogP contribution in [0.4, 0.5) is 4.79 Å². The molecule has 2 amide bonds. The average molecular weight is 264 g/mol. The summed E-state index contributed by atoms with van der Waals surface area (Å²) in [7, 11) is -3.07. The molecule has 0 spiro atoms. The number of nitrogens with one attached hydrogen (secondary N) is 1. The molecule has 1 rings (SSSR count). The zero-order valence-electron chi connectivity index (χ0n) is 9.55. The predicted molar refractivity (Wildman–Crippen MR) is 60.5 cm³/mol. The van der Waals surface area contributed by atoms with Gasteiger partial charge >= 0.3 is 12.0 Å². The van der Waals surface area contributed by atoms with Crippen molar-refractivity contribution >= 4 is 21.8 Å². The summed E-state index contributed by atoms with van der Waals surface area (Å²) in [4.78, 5) is 23.5. The maximum atomic E-state index is 11.6. The molecule has 0 aliphatic carbocycles. The Kier molecular flexibility index (Phi) is 4.33. The van der Waals surface area contributed by atoms with Gasteiger partial charge in [0, 0.05) is 13.1 Å². The first kappa shape index (κ1) is 13.8. The summed E-state index contributed by atoms with van der Waals surface area (Å²) >= 11 is 0. The monoisotopic (exact) mass is 264 g/mol. The van der Waals surface area contributed by atoms with E-state index in [1.54, 1.807) is 0 Å². The number of hydrogen-bond donors (Lipinski definition) is 2. The van der Waals surface area contributed by atoms with Crippen LogP contribution in [0.3, 0.4) is 0 Å². The van der Waals surface area contributed by atoms with Crippen LogP contribution in [0.25, 0.3) is 0 Å². The lowest BCUT2D eigenvalue weighted by molar-refractivity contribution is -0.138. The molecule has 1 fully saturated rings. The van der Waals surface area contributed by atoms with Crippen LogP contribution in [0.15, 0.2) is 0 Å². The summed E-state index contributed by atoms with van der Waals surface area (Å²) in [5, 5.41) is 10.9. The van der Waals surface area contributed by atoms with Crippen molar-refractivity contribution in [2.45, 2.75) is 19.4 Å². The first-order valence-electron chi connectivity index (χ1n) is 5.30. The molecule has 8 heteroatoms. The molecule has 1 saturated heterocycles. The lowest BCUT2D eigenvalue weighted by Crippen LogP contribution is -2.47. The number of carbonyl (C=O) groups excluding carboxylic acids is 1. The SMILES string of the molecule is C[C@H](NC(=O)N1CCCS(=O)(=O)CC1)C(=O)O. The van der Waals surface area contributed by atoms with Gasteiger partial charge in [-0.3, -0.25) is 4.79 Å². The van der Waals surface area contributed by atoms with Crippen molar-refractivity contribution in [3.63, 3.8) is 0 Å². The van der Waals surface area contributed by atoms with Crippen molar-refractivity contribution in [2.24, 2.45) is 0 Å². The van der Waals surface area contributed by atoms with Crippen molar-refractivity contribution in [3.05, 3.63) is 0 Å². The van der Waals surface area contributed by atoms with E-state index in [2.05, 4.69) is 5.32 Å². The Morgan fingerprint density at radius 3 is 2.53 bits per heavy atom. The standard InChI is InChI=1S/C9H16N2O5S/c1-7(8(12)13)10-9(14)11-3-2-5-17(15,16)6-4-11/h7H,2-6H2,1H3,(H,10,14)(H,12,13)/t7-/m0/s1. The summed E-state index contributed by atoms with van der Waals surface area (Å²) < 4.78 is 22.6. The first-order valence-corrected chi connectivity index (χ1v) is 7.12. The van der Waals surface area contributed by atoms with Gasteiger partial charge in [0.2, 0.25) is 0 Å². The van der Waals surface area contributed by atoms with Gasteiger partial charge in [0.1, 0.15) is 6.04 Å². The van der Waals surface area contributed by atoms with E-state index in [0.29, 0.717) is 13.0 Å². The van der Waals surface area contributed by atoms with Crippen molar-refractivity contribution in [2.75, 3.05) is 24.6 Å². The minimum Gasteiger partial charge on any atom is -0.480 e. The predicted octanol–water partition coefficient (Wildman–Crippen LogP) is -0.710. The Balaban J connectivity index is 2.56. The van der Waals surface area contributed by atoms with Gasteiger partial charge in [-0.25, -0.2) is 13.2 Å². The molecule has 1 atom stereocenters. The normalized spacial score (nSPS) is 21.4. The summed E-state index contributed by atoms with van der Waals surface area (Å²) in [5.41, 5.74) is 0. The molecule has 7 nitrogen and oxygen atoms in total. The van der Waals surface area contributed by atoms with E-state index in [0.717, 1.165) is 0 Å². The second-order valence-corrected chi connectivity index (χ2v) is 6.31. The molecule has 0 bridgehead atoms. The average Bonchev–Trinajstić information content (AvgIpc) is 2.39. The Bertz CT molecular complexity index is 406. The molecule has 0 aromatic heterocycles. The number of aliphatic carboxylic acids is 1. The Morgan fingerprint density at radius 1 is 1.29 bits per heavy atom. The largest absolute Gasteiger partial charge is 0.480 e. The quantitative estimate of drug-likeness (QED) is 0.685. The first-order chi connectivity index (χ1) is 7.82. The van der Waals surface area contributed by atoms with Crippen molar-refractivity contribution in [3.8, 4) is 0 Å². The highest BCUT2D eigenvalue weighted by atomic mass is 32.2. The third-order valence-electron chi connectivity index (χ3n) is 2.55. The molecule has 2 N–H and O–H groups in total. The second-order valence-electron chi connectivity index (χ2n) is 4.00. The van der Waals surface area contributed by atoms with E-state index in [-0.39, 0.29) is 18.1 Å². The van der Waals surface area contributed by atoms with Crippen LogP contribution in [0.5, 0.6) is 0 Å². The number of carbonyl (C=O) groups is 2. The number of carboxylic acids is 1. The number of carboxylic acid groups (broad SMARTS) is 1. The number of nitrogens with zero attached hydrogens (tertiary/aromatic N) is 1. The molecule has 1 aliphatic heterocycles. The summed E-state index contributed by atoms with van der Waals surface area (Å²) in [5.74, 6) is -1.12. The van der Waals surface area contributed by atoms with Gasteiger partial charge in [0.05, 0.1) is 11.5 Å². The zero-order chi connectivity index (χ0) is 13.1. The van der Waals surface area contributed by atoms with Crippen molar-refractivity contribution in [1.82, 2.24) is 10.2 Å². The smallest absolute Gasteiger partial charge is 0.325 e. The van der Waals surface area contributed by atoms with Crippen LogP contribution in [0.2, 0.25) is 0 Å². The van der Waals surface area contributed by atoms with Gasteiger partial charge in [-0.05, 0) is 13.3 Å². The van der Waals surface area contributed by atoms with E-state index < -0.39 is 27.9 Å². The fourth-order valence-electron chi connectivity index (χ4n) is 1.48. The van der Waals surface area contributed by atoms with E-state index in [9.17, 15) is 18.0 Å². The van der Waals surface area contributed by atoms with Gasteiger partial charge in [0.15, 0.2) is 9.84 Å². The summed E-state index contributed by atoms with van der Waals surface area (Å²) in [6.45, 7) is 1.80. The van der Waals surface area contributed by atoms with Crippen molar-refractivity contribution in [1.29, 1.82) is 0 Å². The Morgan fingerprint density at radius 2 is 1.94 bits per heavy atom. The second kappa shape index (κ2) is 5.35. The number of rotatable bonds is 2. The summed E-state index contributed by atoms with van der Waals surface area (Å²) in [6, 6.07) is -1.51. The number of amides is 2. The van der Waals surface area contributed by atoms with E-state index >= 15 is 0 Å². The topological polar surface area (TPSA) is 104 Å². The molecule has 0 aromatic carbocycles. The van der Waals surface area contributed by atoms with Crippen LogP contribution >= 0.6 is 0 Å². The van der Waals surface area contributed by atoms with E-state index in [4.69, 9.17) is 5.11 Å². The van der Waals surface area contributed by atoms with E-state index in [1.807, 2.05) is 0 Å². The molecular formula is C9H16N2O5S. The molecule has 98 valence electrons. The number of sulfone groups is 1. The third kappa shape index (κ3) is 4.22. The highest BCUT2D eigenvalue weighted by molar-refractivity contribution is 7.91. The van der Waals surface area contributed by atoms with Crippen LogP contribution in [-0.4, -0.2) is 61.1 Å². The van der Waals surface area contributed by atoms with Gasteiger partial charge in [0.25, 0.3) is 0 Å². The van der Waals surface area contributed by atoms with Crippen LogP contribution in [0, 0.1) is 0 Å². The van der Waals surface area contributed by atoms with Crippen LogP contribution < -0.4 is 5.32 Å². The van der Waals surface area contributed by atoms with E-state index in [1.165, 1.54) is 11.8 Å². The molecule has 0 radical (unpaired) electrons. The van der Waals surface area contributed by atoms with Crippen LogP contribution in [0.1, 0.15) is 13.3 Å². The lowest BCUT2D eigenvalue weighted by atomic mass is 10.3. The molecular weight excluding hydrogens is 248 g/mol. The molecule has 1 aliphatic rings. The molecule has 0 unspecified atom stereocenters.